The van der Waals surface area contributed by atoms with Gasteiger partial charge in [0.2, 0.25) is 0 Å². The molecule has 2 heterocycles. The summed E-state index contributed by atoms with van der Waals surface area (Å²) >= 11 is 0. The van der Waals surface area contributed by atoms with Gasteiger partial charge >= 0.3 is 0 Å². The van der Waals surface area contributed by atoms with Crippen LogP contribution in [0.2, 0.25) is 0 Å². The molecule has 2 atom stereocenters. The van der Waals surface area contributed by atoms with E-state index in [4.69, 9.17) is 0 Å². The Labute approximate surface area is 114 Å². The van der Waals surface area contributed by atoms with E-state index in [0.29, 0.717) is 6.04 Å². The van der Waals surface area contributed by atoms with Gasteiger partial charge in [0.05, 0.1) is 17.4 Å². The molecule has 0 radical (unpaired) electrons. The lowest BCUT2D eigenvalue weighted by molar-refractivity contribution is 0.468. The van der Waals surface area contributed by atoms with Crippen LogP contribution in [0.3, 0.4) is 0 Å². The third-order valence-corrected chi connectivity index (χ3v) is 3.51. The average molecular weight is 258 g/mol. The summed E-state index contributed by atoms with van der Waals surface area (Å²) in [6.45, 7) is 4.36. The smallest absolute Gasteiger partial charge is 0.0644 e. The standard InChI is InChI=1S/C15H22N4/c1-4-12(2)19-10-8-13(18-19)11-15(16-3)14-7-5-6-9-17-14/h5-10,12,15-16H,4,11H2,1-3H3. The van der Waals surface area contributed by atoms with Crippen LogP contribution in [0, 0.1) is 0 Å². The van der Waals surface area contributed by atoms with Crippen LogP contribution < -0.4 is 5.32 Å². The van der Waals surface area contributed by atoms with Crippen molar-refractivity contribution < 1.29 is 0 Å². The first-order chi connectivity index (χ1) is 9.24. The number of rotatable bonds is 6. The van der Waals surface area contributed by atoms with E-state index in [1.54, 1.807) is 0 Å². The van der Waals surface area contributed by atoms with E-state index in [2.05, 4.69) is 41.5 Å². The lowest BCUT2D eigenvalue weighted by Gasteiger charge is -2.14. The van der Waals surface area contributed by atoms with Crippen molar-refractivity contribution in [3.8, 4) is 0 Å². The fourth-order valence-electron chi connectivity index (χ4n) is 2.06. The maximum atomic E-state index is 4.64. The fraction of sp³-hybridized carbons (Fsp3) is 0.467. The molecule has 2 aromatic heterocycles. The van der Waals surface area contributed by atoms with E-state index < -0.39 is 0 Å². The summed E-state index contributed by atoms with van der Waals surface area (Å²) in [5.74, 6) is 0. The molecule has 2 rings (SSSR count). The van der Waals surface area contributed by atoms with Crippen LogP contribution in [0.4, 0.5) is 0 Å². The lowest BCUT2D eigenvalue weighted by Crippen LogP contribution is -2.20. The number of pyridine rings is 1. The quantitative estimate of drug-likeness (QED) is 0.866. The minimum absolute atomic E-state index is 0.210. The molecule has 0 spiro atoms. The predicted octanol–water partition coefficient (Wildman–Crippen LogP) is 2.75. The first-order valence-corrected chi connectivity index (χ1v) is 6.86. The van der Waals surface area contributed by atoms with Gasteiger partial charge in [0, 0.05) is 24.9 Å². The lowest BCUT2D eigenvalue weighted by atomic mass is 10.1. The number of nitrogens with zero attached hydrogens (tertiary/aromatic N) is 3. The highest BCUT2D eigenvalue weighted by molar-refractivity contribution is 5.12. The predicted molar refractivity (Wildman–Crippen MR) is 77.0 cm³/mol. The van der Waals surface area contributed by atoms with Crippen LogP contribution in [0.15, 0.2) is 36.7 Å². The summed E-state index contributed by atoms with van der Waals surface area (Å²) in [6.07, 6.45) is 5.85. The first-order valence-electron chi connectivity index (χ1n) is 6.86. The summed E-state index contributed by atoms with van der Waals surface area (Å²) < 4.78 is 2.04. The van der Waals surface area contributed by atoms with Gasteiger partial charge in [0.25, 0.3) is 0 Å². The summed E-state index contributed by atoms with van der Waals surface area (Å²) in [4.78, 5) is 4.41. The Morgan fingerprint density at radius 2 is 2.16 bits per heavy atom. The average Bonchev–Trinajstić information content (AvgIpc) is 2.93. The summed E-state index contributed by atoms with van der Waals surface area (Å²) in [5, 5.41) is 7.95. The summed E-state index contributed by atoms with van der Waals surface area (Å²) in [5.41, 5.74) is 2.16. The Hall–Kier alpha value is -1.68. The molecular formula is C15H22N4. The van der Waals surface area contributed by atoms with E-state index in [1.165, 1.54) is 0 Å². The highest BCUT2D eigenvalue weighted by Crippen LogP contribution is 2.16. The van der Waals surface area contributed by atoms with Crippen molar-refractivity contribution in [2.75, 3.05) is 7.05 Å². The second kappa shape index (κ2) is 6.48. The Kier molecular flexibility index (Phi) is 4.68. The molecule has 0 amide bonds. The van der Waals surface area contributed by atoms with Gasteiger partial charge in [-0.25, -0.2) is 0 Å². The highest BCUT2D eigenvalue weighted by Gasteiger charge is 2.13. The Morgan fingerprint density at radius 3 is 2.79 bits per heavy atom. The monoisotopic (exact) mass is 258 g/mol. The van der Waals surface area contributed by atoms with Gasteiger partial charge in [-0.2, -0.15) is 5.10 Å². The van der Waals surface area contributed by atoms with Gasteiger partial charge < -0.3 is 5.32 Å². The number of likely N-dealkylation sites (N-methyl/N-ethyl adjacent to an activating group) is 1. The molecule has 4 nitrogen and oxygen atoms in total. The van der Waals surface area contributed by atoms with Crippen LogP contribution in [0.25, 0.3) is 0 Å². The zero-order valence-electron chi connectivity index (χ0n) is 11.9. The van der Waals surface area contributed by atoms with E-state index in [1.807, 2.05) is 36.1 Å². The van der Waals surface area contributed by atoms with E-state index in [-0.39, 0.29) is 6.04 Å². The molecule has 0 aliphatic heterocycles. The van der Waals surface area contributed by atoms with E-state index in [9.17, 15) is 0 Å². The van der Waals surface area contributed by atoms with Crippen LogP contribution in [0.5, 0.6) is 0 Å². The molecule has 0 aromatic carbocycles. The number of aromatic nitrogens is 3. The van der Waals surface area contributed by atoms with E-state index >= 15 is 0 Å². The zero-order chi connectivity index (χ0) is 13.7. The van der Waals surface area contributed by atoms with Gasteiger partial charge in [-0.15, -0.1) is 0 Å². The second-order valence-electron chi connectivity index (χ2n) is 4.84. The topological polar surface area (TPSA) is 42.7 Å². The van der Waals surface area contributed by atoms with Crippen molar-refractivity contribution in [2.24, 2.45) is 0 Å². The van der Waals surface area contributed by atoms with Gasteiger partial charge in [-0.3, -0.25) is 9.67 Å². The molecule has 0 saturated carbocycles. The Balaban J connectivity index is 2.09. The van der Waals surface area contributed by atoms with Crippen LogP contribution in [-0.2, 0) is 6.42 Å². The van der Waals surface area contributed by atoms with Gasteiger partial charge in [-0.05, 0) is 38.6 Å². The molecule has 0 saturated heterocycles. The van der Waals surface area contributed by atoms with Gasteiger partial charge in [0.1, 0.15) is 0 Å². The third kappa shape index (κ3) is 3.41. The maximum Gasteiger partial charge on any atom is 0.0644 e. The zero-order valence-corrected chi connectivity index (χ0v) is 11.9. The minimum atomic E-state index is 0.210. The van der Waals surface area contributed by atoms with Gasteiger partial charge in [0.15, 0.2) is 0 Å². The fourth-order valence-corrected chi connectivity index (χ4v) is 2.06. The molecule has 0 bridgehead atoms. The largest absolute Gasteiger partial charge is 0.311 e. The molecule has 0 aliphatic carbocycles. The van der Waals surface area contributed by atoms with Crippen LogP contribution in [-0.4, -0.2) is 21.8 Å². The molecular weight excluding hydrogens is 236 g/mol. The van der Waals surface area contributed by atoms with E-state index in [0.717, 1.165) is 24.2 Å². The molecule has 0 fully saturated rings. The van der Waals surface area contributed by atoms with Crippen molar-refractivity contribution in [2.45, 2.75) is 38.8 Å². The maximum absolute atomic E-state index is 4.64. The number of hydrogen-bond acceptors (Lipinski definition) is 3. The highest BCUT2D eigenvalue weighted by atomic mass is 15.3. The molecule has 4 heteroatoms. The molecule has 0 aliphatic rings. The Morgan fingerprint density at radius 1 is 1.32 bits per heavy atom. The SMILES string of the molecule is CCC(C)n1ccc(CC(NC)c2ccccn2)n1. The third-order valence-electron chi connectivity index (χ3n) is 3.51. The van der Waals surface area contributed by atoms with Crippen molar-refractivity contribution in [1.82, 2.24) is 20.1 Å². The normalized spacial score (nSPS) is 14.3. The van der Waals surface area contributed by atoms with Crippen LogP contribution >= 0.6 is 0 Å². The van der Waals surface area contributed by atoms with Crippen molar-refractivity contribution in [3.63, 3.8) is 0 Å². The molecule has 102 valence electrons. The van der Waals surface area contributed by atoms with Crippen molar-refractivity contribution in [3.05, 3.63) is 48.0 Å². The number of nitrogens with one attached hydrogen (secondary N) is 1. The van der Waals surface area contributed by atoms with Gasteiger partial charge in [-0.1, -0.05) is 13.0 Å². The summed E-state index contributed by atoms with van der Waals surface area (Å²) in [6, 6.07) is 8.77. The van der Waals surface area contributed by atoms with Crippen LogP contribution in [0.1, 0.15) is 43.7 Å². The molecule has 2 unspecified atom stereocenters. The first kappa shape index (κ1) is 13.7. The van der Waals surface area contributed by atoms with Crippen molar-refractivity contribution >= 4 is 0 Å². The number of hydrogen-bond donors (Lipinski definition) is 1. The van der Waals surface area contributed by atoms with Crippen molar-refractivity contribution in [1.29, 1.82) is 0 Å². The summed E-state index contributed by atoms with van der Waals surface area (Å²) in [7, 11) is 1.96. The molecule has 2 aromatic rings. The Bertz CT molecular complexity index is 492. The molecule has 19 heavy (non-hydrogen) atoms. The molecule has 1 N–H and O–H groups in total. The second-order valence-corrected chi connectivity index (χ2v) is 4.84. The minimum Gasteiger partial charge on any atom is -0.311 e.